The Morgan fingerprint density at radius 3 is 2.75 bits per heavy atom. The SMILES string of the molecule is C=C(CNC(C)C)COc1cc(OC)ccc1[N+](=O)[O-]. The van der Waals surface area contributed by atoms with Crippen LogP contribution in [0.2, 0.25) is 0 Å². The van der Waals surface area contributed by atoms with E-state index in [2.05, 4.69) is 11.9 Å². The molecule has 0 saturated heterocycles. The van der Waals surface area contributed by atoms with Crippen molar-refractivity contribution in [2.24, 2.45) is 0 Å². The van der Waals surface area contributed by atoms with Crippen LogP contribution in [-0.4, -0.2) is 31.2 Å². The van der Waals surface area contributed by atoms with Gasteiger partial charge in [-0.25, -0.2) is 0 Å². The Morgan fingerprint density at radius 2 is 2.20 bits per heavy atom. The number of methoxy groups -OCH3 is 1. The van der Waals surface area contributed by atoms with Gasteiger partial charge in [-0.15, -0.1) is 0 Å². The van der Waals surface area contributed by atoms with Crippen LogP contribution >= 0.6 is 0 Å². The standard InChI is InChI=1S/C14H20N2O4/c1-10(2)15-8-11(3)9-20-14-7-12(19-4)5-6-13(14)16(17)18/h5-7,10,15H,3,8-9H2,1-2,4H3. The number of ether oxygens (including phenoxy) is 2. The van der Waals surface area contributed by atoms with Gasteiger partial charge in [0.25, 0.3) is 0 Å². The van der Waals surface area contributed by atoms with E-state index in [9.17, 15) is 10.1 Å². The highest BCUT2D eigenvalue weighted by Gasteiger charge is 2.16. The molecule has 0 unspecified atom stereocenters. The van der Waals surface area contributed by atoms with E-state index in [1.165, 1.54) is 25.3 Å². The number of nitro groups is 1. The van der Waals surface area contributed by atoms with Crippen LogP contribution in [0.25, 0.3) is 0 Å². The molecular weight excluding hydrogens is 260 g/mol. The van der Waals surface area contributed by atoms with Crippen LogP contribution in [-0.2, 0) is 0 Å². The molecule has 0 heterocycles. The molecule has 0 aromatic heterocycles. The summed E-state index contributed by atoms with van der Waals surface area (Å²) in [5.41, 5.74) is 0.728. The molecule has 1 rings (SSSR count). The second kappa shape index (κ2) is 7.49. The largest absolute Gasteiger partial charge is 0.497 e. The molecule has 0 aliphatic carbocycles. The van der Waals surface area contributed by atoms with Crippen LogP contribution in [0.3, 0.4) is 0 Å². The smallest absolute Gasteiger partial charge is 0.311 e. The normalized spacial score (nSPS) is 10.4. The fraction of sp³-hybridized carbons (Fsp3) is 0.429. The Bertz CT molecular complexity index is 486. The Hall–Kier alpha value is -2.08. The highest BCUT2D eigenvalue weighted by molar-refractivity contribution is 5.50. The third-order valence-electron chi connectivity index (χ3n) is 2.56. The maximum atomic E-state index is 10.9. The predicted molar refractivity (Wildman–Crippen MR) is 77.4 cm³/mol. The predicted octanol–water partition coefficient (Wildman–Crippen LogP) is 2.54. The van der Waals surface area contributed by atoms with E-state index in [0.29, 0.717) is 18.3 Å². The van der Waals surface area contributed by atoms with Crippen molar-refractivity contribution in [1.29, 1.82) is 0 Å². The average Bonchev–Trinajstić information content (AvgIpc) is 2.42. The van der Waals surface area contributed by atoms with Crippen molar-refractivity contribution >= 4 is 5.69 Å². The van der Waals surface area contributed by atoms with Crippen molar-refractivity contribution in [3.63, 3.8) is 0 Å². The molecule has 1 aromatic rings. The second-order valence-corrected chi connectivity index (χ2v) is 4.67. The van der Waals surface area contributed by atoms with E-state index in [1.54, 1.807) is 0 Å². The topological polar surface area (TPSA) is 73.6 Å². The lowest BCUT2D eigenvalue weighted by molar-refractivity contribution is -0.385. The maximum Gasteiger partial charge on any atom is 0.311 e. The molecule has 0 fully saturated rings. The third-order valence-corrected chi connectivity index (χ3v) is 2.56. The summed E-state index contributed by atoms with van der Waals surface area (Å²) in [4.78, 5) is 10.4. The Balaban J connectivity index is 2.70. The van der Waals surface area contributed by atoms with Crippen LogP contribution in [0, 0.1) is 10.1 Å². The van der Waals surface area contributed by atoms with Gasteiger partial charge in [-0.05, 0) is 11.6 Å². The molecule has 0 aliphatic heterocycles. The van der Waals surface area contributed by atoms with Gasteiger partial charge in [-0.2, -0.15) is 0 Å². The molecule has 110 valence electrons. The van der Waals surface area contributed by atoms with E-state index in [4.69, 9.17) is 9.47 Å². The Labute approximate surface area is 118 Å². The Morgan fingerprint density at radius 1 is 1.50 bits per heavy atom. The number of hydrogen-bond donors (Lipinski definition) is 1. The molecule has 0 saturated carbocycles. The molecule has 0 amide bonds. The summed E-state index contributed by atoms with van der Waals surface area (Å²) >= 11 is 0. The van der Waals surface area contributed by atoms with Crippen LogP contribution in [0.15, 0.2) is 30.4 Å². The van der Waals surface area contributed by atoms with Gasteiger partial charge in [0.1, 0.15) is 12.4 Å². The van der Waals surface area contributed by atoms with Gasteiger partial charge < -0.3 is 14.8 Å². The first kappa shape index (κ1) is 16.0. The molecule has 1 N–H and O–H groups in total. The zero-order valence-corrected chi connectivity index (χ0v) is 12.0. The van der Waals surface area contributed by atoms with Gasteiger partial charge >= 0.3 is 5.69 Å². The van der Waals surface area contributed by atoms with E-state index in [1.807, 2.05) is 13.8 Å². The minimum atomic E-state index is -0.482. The summed E-state index contributed by atoms with van der Waals surface area (Å²) in [6, 6.07) is 4.74. The van der Waals surface area contributed by atoms with Crippen LogP contribution in [0.1, 0.15) is 13.8 Å². The maximum absolute atomic E-state index is 10.9. The fourth-order valence-electron chi connectivity index (χ4n) is 1.47. The third kappa shape index (κ3) is 4.89. The van der Waals surface area contributed by atoms with Crippen molar-refractivity contribution in [1.82, 2.24) is 5.32 Å². The lowest BCUT2D eigenvalue weighted by atomic mass is 10.2. The summed E-state index contributed by atoms with van der Waals surface area (Å²) in [5, 5.41) is 14.1. The highest BCUT2D eigenvalue weighted by Crippen LogP contribution is 2.31. The minimum absolute atomic E-state index is 0.0876. The summed E-state index contributed by atoms with van der Waals surface area (Å²) in [6.07, 6.45) is 0. The number of rotatable bonds is 8. The molecule has 6 nitrogen and oxygen atoms in total. The second-order valence-electron chi connectivity index (χ2n) is 4.67. The lowest BCUT2D eigenvalue weighted by Crippen LogP contribution is -2.26. The monoisotopic (exact) mass is 280 g/mol. The molecule has 0 aliphatic rings. The highest BCUT2D eigenvalue weighted by atomic mass is 16.6. The quantitative estimate of drug-likeness (QED) is 0.450. The van der Waals surface area contributed by atoms with Gasteiger partial charge in [-0.1, -0.05) is 20.4 Å². The first-order chi connectivity index (χ1) is 9.43. The van der Waals surface area contributed by atoms with E-state index >= 15 is 0 Å². The lowest BCUT2D eigenvalue weighted by Gasteiger charge is -2.12. The van der Waals surface area contributed by atoms with Gasteiger partial charge in [0.2, 0.25) is 5.75 Å². The number of benzene rings is 1. The molecule has 0 spiro atoms. The number of nitro benzene ring substituents is 1. The van der Waals surface area contributed by atoms with Crippen molar-refractivity contribution in [2.45, 2.75) is 19.9 Å². The van der Waals surface area contributed by atoms with E-state index < -0.39 is 4.92 Å². The van der Waals surface area contributed by atoms with Crippen molar-refractivity contribution in [3.05, 3.63) is 40.5 Å². The summed E-state index contributed by atoms with van der Waals surface area (Å²) in [5.74, 6) is 0.691. The first-order valence-corrected chi connectivity index (χ1v) is 6.29. The van der Waals surface area contributed by atoms with E-state index in [-0.39, 0.29) is 18.0 Å². The molecular formula is C14H20N2O4. The van der Waals surface area contributed by atoms with Gasteiger partial charge in [0.05, 0.1) is 12.0 Å². The van der Waals surface area contributed by atoms with Gasteiger partial charge in [0.15, 0.2) is 0 Å². The first-order valence-electron chi connectivity index (χ1n) is 6.29. The van der Waals surface area contributed by atoms with Gasteiger partial charge in [-0.3, -0.25) is 10.1 Å². The molecule has 6 heteroatoms. The van der Waals surface area contributed by atoms with Crippen molar-refractivity contribution < 1.29 is 14.4 Å². The average molecular weight is 280 g/mol. The zero-order valence-electron chi connectivity index (χ0n) is 12.0. The molecule has 0 atom stereocenters. The van der Waals surface area contributed by atoms with Crippen LogP contribution in [0.4, 0.5) is 5.69 Å². The number of hydrogen-bond acceptors (Lipinski definition) is 5. The zero-order chi connectivity index (χ0) is 15.1. The molecule has 0 bridgehead atoms. The molecule has 0 radical (unpaired) electrons. The molecule has 1 aromatic carbocycles. The van der Waals surface area contributed by atoms with Crippen LogP contribution in [0.5, 0.6) is 11.5 Å². The van der Waals surface area contributed by atoms with Crippen molar-refractivity contribution in [3.8, 4) is 11.5 Å². The summed E-state index contributed by atoms with van der Waals surface area (Å²) < 4.78 is 10.5. The summed E-state index contributed by atoms with van der Waals surface area (Å²) in [7, 11) is 1.50. The number of nitrogens with one attached hydrogen (secondary N) is 1. The molecule has 20 heavy (non-hydrogen) atoms. The Kier molecular flexibility index (Phi) is 5.99. The van der Waals surface area contributed by atoms with Gasteiger partial charge in [0, 0.05) is 24.7 Å². The van der Waals surface area contributed by atoms with Crippen molar-refractivity contribution in [2.75, 3.05) is 20.3 Å². The van der Waals surface area contributed by atoms with Crippen LogP contribution < -0.4 is 14.8 Å². The fourth-order valence-corrected chi connectivity index (χ4v) is 1.47. The van der Waals surface area contributed by atoms with E-state index in [0.717, 1.165) is 5.57 Å². The summed E-state index contributed by atoms with van der Waals surface area (Å²) in [6.45, 7) is 8.75. The number of nitrogens with zero attached hydrogens (tertiary/aromatic N) is 1. The minimum Gasteiger partial charge on any atom is -0.497 e.